The van der Waals surface area contributed by atoms with Gasteiger partial charge in [-0.05, 0) is 44.6 Å². The zero-order chi connectivity index (χ0) is 31.1. The normalized spacial score (nSPS) is 25.4. The van der Waals surface area contributed by atoms with E-state index in [1.165, 1.54) is 33.1 Å². The van der Waals surface area contributed by atoms with Gasteiger partial charge < -0.3 is 33.9 Å². The smallest absolute Gasteiger partial charge is 0.303 e. The largest absolute Gasteiger partial charge is 0.507 e. The van der Waals surface area contributed by atoms with E-state index >= 15 is 0 Å². The molecule has 0 saturated carbocycles. The number of phenolic OH excluding ortho intramolecular Hbond substituents is 2. The van der Waals surface area contributed by atoms with Crippen molar-refractivity contribution in [2.45, 2.75) is 50.9 Å². The van der Waals surface area contributed by atoms with Crippen molar-refractivity contribution in [2.24, 2.45) is 0 Å². The van der Waals surface area contributed by atoms with Gasteiger partial charge in [-0.1, -0.05) is 12.1 Å². The Morgan fingerprint density at radius 1 is 0.977 bits per heavy atom. The highest BCUT2D eigenvalue weighted by atomic mass is 16.7. The molecular weight excluding hydrogens is 562 g/mol. The van der Waals surface area contributed by atoms with Gasteiger partial charge in [-0.15, -0.1) is 0 Å². The lowest BCUT2D eigenvalue weighted by atomic mass is 9.74. The number of aromatic hydroxyl groups is 2. The van der Waals surface area contributed by atoms with Crippen molar-refractivity contribution in [3.8, 4) is 23.0 Å². The molecule has 2 N–H and O–H groups in total. The molecule has 0 unspecified atom stereocenters. The molecule has 1 fully saturated rings. The van der Waals surface area contributed by atoms with Crippen LogP contribution in [0, 0.1) is 0 Å². The number of rotatable bonds is 4. The summed E-state index contributed by atoms with van der Waals surface area (Å²) in [5.74, 6) is -3.61. The summed E-state index contributed by atoms with van der Waals surface area (Å²) in [7, 11) is 4.83. The minimum atomic E-state index is -1.52. The minimum absolute atomic E-state index is 0.0905. The number of ether oxygens (including phenoxy) is 5. The molecule has 224 valence electrons. The van der Waals surface area contributed by atoms with E-state index in [9.17, 15) is 29.4 Å². The van der Waals surface area contributed by atoms with Crippen molar-refractivity contribution >= 4 is 34.3 Å². The quantitative estimate of drug-likeness (QED) is 0.335. The van der Waals surface area contributed by atoms with E-state index < -0.39 is 65.1 Å². The fourth-order valence-electron chi connectivity index (χ4n) is 6.53. The van der Waals surface area contributed by atoms with E-state index in [-0.39, 0.29) is 39.0 Å². The summed E-state index contributed by atoms with van der Waals surface area (Å²) in [5.41, 5.74) is -2.39. The summed E-state index contributed by atoms with van der Waals surface area (Å²) in [5, 5.41) is 23.2. The summed E-state index contributed by atoms with van der Waals surface area (Å²) < 4.78 is 29.2. The molecule has 6 rings (SSSR count). The second-order valence-corrected chi connectivity index (χ2v) is 11.2. The summed E-state index contributed by atoms with van der Waals surface area (Å²) in [6.45, 7) is 4.04. The SMILES string of the molecule is COc1cccc2cc3c(c(O)c12)C(=O)c1c(O)cc2c(c1C3=O)O[C@@H]1O[C@@]2(C)[C@H](OC(C)=O)[C@@H](N(C)C)[C@@H]1OC(C)=O. The third-order valence-corrected chi connectivity index (χ3v) is 8.28. The molecule has 3 aromatic carbocycles. The molecule has 0 aromatic heterocycles. The first-order chi connectivity index (χ1) is 20.3. The van der Waals surface area contributed by atoms with E-state index in [0.717, 1.165) is 0 Å². The van der Waals surface area contributed by atoms with Crippen LogP contribution in [0.15, 0.2) is 30.3 Å². The van der Waals surface area contributed by atoms with Crippen LogP contribution in [0.3, 0.4) is 0 Å². The molecule has 43 heavy (non-hydrogen) atoms. The van der Waals surface area contributed by atoms with Gasteiger partial charge in [-0.2, -0.15) is 0 Å². The Bertz CT molecular complexity index is 1760. The highest BCUT2D eigenvalue weighted by molar-refractivity contribution is 6.33. The number of esters is 2. The first kappa shape index (κ1) is 28.4. The number of carbonyl (C=O) groups is 4. The molecule has 1 aliphatic carbocycles. The monoisotopic (exact) mass is 591 g/mol. The van der Waals surface area contributed by atoms with Crippen molar-refractivity contribution in [1.82, 2.24) is 4.90 Å². The van der Waals surface area contributed by atoms with Gasteiger partial charge in [0.05, 0.1) is 35.2 Å². The van der Waals surface area contributed by atoms with Crippen molar-refractivity contribution in [2.75, 3.05) is 21.2 Å². The van der Waals surface area contributed by atoms with Crippen molar-refractivity contribution in [1.29, 1.82) is 0 Å². The van der Waals surface area contributed by atoms with Crippen LogP contribution in [0.5, 0.6) is 23.0 Å². The van der Waals surface area contributed by atoms with E-state index in [0.29, 0.717) is 11.1 Å². The third-order valence-electron chi connectivity index (χ3n) is 8.28. The molecule has 1 saturated heterocycles. The summed E-state index contributed by atoms with van der Waals surface area (Å²) >= 11 is 0. The number of carbonyl (C=O) groups excluding carboxylic acids is 4. The average molecular weight is 592 g/mol. The van der Waals surface area contributed by atoms with Gasteiger partial charge in [0.25, 0.3) is 0 Å². The maximum Gasteiger partial charge on any atom is 0.303 e. The fraction of sp³-hybridized carbons (Fsp3) is 0.355. The zero-order valence-electron chi connectivity index (χ0n) is 24.2. The molecule has 3 aromatic rings. The van der Waals surface area contributed by atoms with Gasteiger partial charge in [0.1, 0.15) is 28.6 Å². The number of nitrogens with zero attached hydrogens (tertiary/aromatic N) is 1. The van der Waals surface area contributed by atoms with Gasteiger partial charge in [0, 0.05) is 25.0 Å². The van der Waals surface area contributed by atoms with Crippen LogP contribution in [0.1, 0.15) is 58.2 Å². The van der Waals surface area contributed by atoms with Crippen molar-refractivity contribution in [3.63, 3.8) is 0 Å². The minimum Gasteiger partial charge on any atom is -0.507 e. The van der Waals surface area contributed by atoms with Gasteiger partial charge >= 0.3 is 11.9 Å². The number of ketones is 2. The maximum atomic E-state index is 14.2. The molecule has 2 heterocycles. The van der Waals surface area contributed by atoms with E-state index in [2.05, 4.69) is 0 Å². The van der Waals surface area contributed by atoms with Gasteiger partial charge in [-0.3, -0.25) is 24.1 Å². The molecule has 12 heteroatoms. The van der Waals surface area contributed by atoms with E-state index in [1.807, 2.05) is 0 Å². The van der Waals surface area contributed by atoms with Gasteiger partial charge in [-0.25, -0.2) is 0 Å². The molecule has 3 aliphatic rings. The number of hydrogen-bond donors (Lipinski definition) is 2. The van der Waals surface area contributed by atoms with Crippen molar-refractivity contribution < 1.29 is 53.1 Å². The molecule has 12 nitrogen and oxygen atoms in total. The number of phenols is 2. The summed E-state index contributed by atoms with van der Waals surface area (Å²) in [4.78, 5) is 54.4. The van der Waals surface area contributed by atoms with Gasteiger partial charge in [0.15, 0.2) is 18.0 Å². The predicted molar refractivity (Wildman–Crippen MR) is 149 cm³/mol. The fourth-order valence-corrected chi connectivity index (χ4v) is 6.53. The highest BCUT2D eigenvalue weighted by Crippen LogP contribution is 2.54. The van der Waals surface area contributed by atoms with E-state index in [1.54, 1.807) is 44.1 Å². The summed E-state index contributed by atoms with van der Waals surface area (Å²) in [6, 6.07) is 6.89. The summed E-state index contributed by atoms with van der Waals surface area (Å²) in [6.07, 6.45) is -3.51. The maximum absolute atomic E-state index is 14.2. The lowest BCUT2D eigenvalue weighted by Crippen LogP contribution is -2.70. The van der Waals surface area contributed by atoms with Crippen LogP contribution in [-0.4, -0.2) is 84.4 Å². The number of benzene rings is 3. The Labute approximate surface area is 245 Å². The standard InChI is InChI=1S/C31H29NO11/c1-12(33)40-28-23(32(4)5)29(41-13(2)34)31(3)16-11-17(35)21-22(27(16)42-30(28)43-31)24(36)15-10-14-8-7-9-18(39-6)19(14)25(37)20(15)26(21)38/h7-11,23,28-30,35,37H,1-6H3/t23-,28-,29+,30+,31+/m0/s1. The highest BCUT2D eigenvalue weighted by Gasteiger charge is 2.62. The lowest BCUT2D eigenvalue weighted by Gasteiger charge is -2.55. The average Bonchev–Trinajstić information content (AvgIpc) is 2.93. The molecule has 0 spiro atoms. The van der Waals surface area contributed by atoms with Crippen LogP contribution >= 0.6 is 0 Å². The van der Waals surface area contributed by atoms with Crippen LogP contribution in [0.25, 0.3) is 10.8 Å². The Morgan fingerprint density at radius 2 is 1.67 bits per heavy atom. The molecule has 2 bridgehead atoms. The molecule has 0 amide bonds. The molecule has 5 atom stereocenters. The van der Waals surface area contributed by atoms with E-state index in [4.69, 9.17) is 23.7 Å². The van der Waals surface area contributed by atoms with Crippen molar-refractivity contribution in [3.05, 3.63) is 58.1 Å². The molecular formula is C31H29NO11. The van der Waals surface area contributed by atoms with Crippen LogP contribution in [0.4, 0.5) is 0 Å². The third kappa shape index (κ3) is 3.97. The number of hydrogen-bond acceptors (Lipinski definition) is 12. The Hall–Kier alpha value is -4.68. The first-order valence-electron chi connectivity index (χ1n) is 13.5. The Morgan fingerprint density at radius 3 is 2.30 bits per heavy atom. The Balaban J connectivity index is 1.62. The number of fused-ring (bicyclic) bond motifs is 8. The number of likely N-dealkylation sites (N-methyl/N-ethyl adjacent to an activating group) is 1. The zero-order valence-corrected chi connectivity index (χ0v) is 24.2. The second-order valence-electron chi connectivity index (χ2n) is 11.2. The molecule has 2 aliphatic heterocycles. The van der Waals surface area contributed by atoms with Crippen LogP contribution < -0.4 is 9.47 Å². The van der Waals surface area contributed by atoms with Crippen LogP contribution in [-0.2, 0) is 29.4 Å². The first-order valence-corrected chi connectivity index (χ1v) is 13.5. The Kier molecular flexibility index (Phi) is 6.40. The lowest BCUT2D eigenvalue weighted by molar-refractivity contribution is -0.315. The molecule has 0 radical (unpaired) electrons. The predicted octanol–water partition coefficient (Wildman–Crippen LogP) is 2.79. The topological polar surface area (TPSA) is 158 Å². The van der Waals surface area contributed by atoms with Crippen LogP contribution in [0.2, 0.25) is 0 Å². The van der Waals surface area contributed by atoms with Gasteiger partial charge in [0.2, 0.25) is 12.1 Å². The number of methoxy groups -OCH3 is 1. The second kappa shape index (κ2) is 9.68.